The molecular weight excluding hydrogens is 382 g/mol. The summed E-state index contributed by atoms with van der Waals surface area (Å²) in [5, 5.41) is 12.8. The van der Waals surface area contributed by atoms with Gasteiger partial charge in [-0.2, -0.15) is 0 Å². The number of carbonyl (C=O) groups excluding carboxylic acids is 1. The molecule has 3 rings (SSSR count). The van der Waals surface area contributed by atoms with Gasteiger partial charge in [-0.3, -0.25) is 5.32 Å². The van der Waals surface area contributed by atoms with Crippen LogP contribution in [0.4, 0.5) is 16.2 Å². The van der Waals surface area contributed by atoms with Crippen LogP contribution in [0.3, 0.4) is 0 Å². The van der Waals surface area contributed by atoms with E-state index in [1.165, 1.54) is 31.4 Å². The fraction of sp³-hybridized carbons (Fsp3) is 0.316. The molecule has 9 heteroatoms. The first-order chi connectivity index (χ1) is 13.3. The zero-order chi connectivity index (χ0) is 20.3. The van der Waals surface area contributed by atoms with Crippen molar-refractivity contribution < 1.29 is 23.1 Å². The lowest BCUT2D eigenvalue weighted by atomic mass is 10.0. The van der Waals surface area contributed by atoms with Gasteiger partial charge in [0.2, 0.25) is 10.0 Å². The van der Waals surface area contributed by atoms with E-state index in [1.807, 2.05) is 25.2 Å². The van der Waals surface area contributed by atoms with Crippen molar-refractivity contribution in [3.63, 3.8) is 0 Å². The van der Waals surface area contributed by atoms with Crippen molar-refractivity contribution in [3.8, 4) is 0 Å². The molecule has 0 bridgehead atoms. The highest BCUT2D eigenvalue weighted by Gasteiger charge is 2.20. The van der Waals surface area contributed by atoms with Gasteiger partial charge in [0.1, 0.15) is 0 Å². The van der Waals surface area contributed by atoms with E-state index >= 15 is 0 Å². The number of methoxy groups -OCH3 is 1. The van der Waals surface area contributed by atoms with Gasteiger partial charge < -0.3 is 14.7 Å². The average molecular weight is 405 g/mol. The Morgan fingerprint density at radius 3 is 2.64 bits per heavy atom. The number of rotatable bonds is 6. The molecule has 1 heterocycles. The van der Waals surface area contributed by atoms with E-state index in [0.29, 0.717) is 11.3 Å². The quantitative estimate of drug-likeness (QED) is 0.677. The van der Waals surface area contributed by atoms with Crippen LogP contribution in [0, 0.1) is 0 Å². The molecule has 1 amide bonds. The topological polar surface area (TPSA) is 108 Å². The van der Waals surface area contributed by atoms with Crippen molar-refractivity contribution in [3.05, 3.63) is 53.6 Å². The summed E-state index contributed by atoms with van der Waals surface area (Å²) in [6.07, 6.45) is -0.687. The Kier molecular flexibility index (Phi) is 5.87. The number of aliphatic hydroxyl groups is 1. The van der Waals surface area contributed by atoms with Crippen LogP contribution in [0.5, 0.6) is 0 Å². The van der Waals surface area contributed by atoms with Gasteiger partial charge in [0.25, 0.3) is 0 Å². The van der Waals surface area contributed by atoms with Gasteiger partial charge in [-0.05, 0) is 47.9 Å². The maximum Gasteiger partial charge on any atom is 0.411 e. The molecule has 2 aromatic rings. The minimum Gasteiger partial charge on any atom is -0.453 e. The highest BCUT2D eigenvalue weighted by atomic mass is 32.2. The predicted octanol–water partition coefficient (Wildman–Crippen LogP) is 1.87. The molecule has 0 fully saturated rings. The summed E-state index contributed by atoms with van der Waals surface area (Å²) in [5.41, 5.74) is 3.37. The smallest absolute Gasteiger partial charge is 0.411 e. The third-order valence-corrected chi connectivity index (χ3v) is 6.12. The maximum atomic E-state index is 12.4. The molecule has 1 aliphatic rings. The van der Waals surface area contributed by atoms with E-state index in [9.17, 15) is 18.3 Å². The minimum atomic E-state index is -3.80. The highest BCUT2D eigenvalue weighted by molar-refractivity contribution is 7.89. The molecule has 1 atom stereocenters. The Morgan fingerprint density at radius 2 is 1.96 bits per heavy atom. The third kappa shape index (κ3) is 4.44. The summed E-state index contributed by atoms with van der Waals surface area (Å²) in [7, 11) is -0.542. The molecule has 0 saturated carbocycles. The molecule has 2 aromatic carbocycles. The number of nitrogens with one attached hydrogen (secondary N) is 2. The third-order valence-electron chi connectivity index (χ3n) is 4.68. The SMILES string of the molecule is COC(=O)Nc1ccc(S(=O)(=O)NCC(O)c2ccc3c(c2)CCN3C)cc1. The first kappa shape index (κ1) is 20.1. The number of sulfonamides is 1. The number of aliphatic hydroxyl groups excluding tert-OH is 1. The van der Waals surface area contributed by atoms with Gasteiger partial charge in [-0.15, -0.1) is 0 Å². The van der Waals surface area contributed by atoms with Crippen LogP contribution in [-0.4, -0.2) is 46.9 Å². The Labute approximate surface area is 164 Å². The zero-order valence-electron chi connectivity index (χ0n) is 15.7. The van der Waals surface area contributed by atoms with Crippen molar-refractivity contribution in [1.82, 2.24) is 4.72 Å². The van der Waals surface area contributed by atoms with Crippen LogP contribution in [0.25, 0.3) is 0 Å². The highest BCUT2D eigenvalue weighted by Crippen LogP contribution is 2.29. The predicted molar refractivity (Wildman–Crippen MR) is 106 cm³/mol. The molecule has 0 saturated heterocycles. The summed E-state index contributed by atoms with van der Waals surface area (Å²) in [4.78, 5) is 13.3. The van der Waals surface area contributed by atoms with Crippen LogP contribution in [0.2, 0.25) is 0 Å². The Bertz CT molecular complexity index is 960. The summed E-state index contributed by atoms with van der Waals surface area (Å²) in [6.45, 7) is 0.793. The van der Waals surface area contributed by atoms with E-state index in [1.54, 1.807) is 0 Å². The first-order valence-electron chi connectivity index (χ1n) is 8.77. The first-order valence-corrected chi connectivity index (χ1v) is 10.2. The minimum absolute atomic E-state index is 0.0330. The molecule has 0 aliphatic carbocycles. The van der Waals surface area contributed by atoms with E-state index in [0.717, 1.165) is 24.2 Å². The van der Waals surface area contributed by atoms with Crippen molar-refractivity contribution >= 4 is 27.5 Å². The molecule has 0 spiro atoms. The van der Waals surface area contributed by atoms with Gasteiger partial charge >= 0.3 is 6.09 Å². The number of amides is 1. The maximum absolute atomic E-state index is 12.4. The van der Waals surface area contributed by atoms with Gasteiger partial charge in [0.05, 0.1) is 18.1 Å². The molecule has 0 radical (unpaired) electrons. The van der Waals surface area contributed by atoms with E-state index in [-0.39, 0.29) is 11.4 Å². The fourth-order valence-corrected chi connectivity index (χ4v) is 4.11. The Morgan fingerprint density at radius 1 is 1.25 bits per heavy atom. The number of hydrogen-bond acceptors (Lipinski definition) is 6. The van der Waals surface area contributed by atoms with Crippen LogP contribution in [0.1, 0.15) is 17.2 Å². The van der Waals surface area contributed by atoms with E-state index in [4.69, 9.17) is 0 Å². The summed E-state index contributed by atoms with van der Waals surface area (Å²) >= 11 is 0. The second-order valence-electron chi connectivity index (χ2n) is 6.57. The number of likely N-dealkylation sites (N-methyl/N-ethyl adjacent to an activating group) is 1. The van der Waals surface area contributed by atoms with Gasteiger partial charge in [0, 0.05) is 31.5 Å². The van der Waals surface area contributed by atoms with E-state index < -0.39 is 22.2 Å². The number of hydrogen-bond donors (Lipinski definition) is 3. The average Bonchev–Trinajstić information content (AvgIpc) is 3.06. The number of fused-ring (bicyclic) bond motifs is 1. The molecule has 28 heavy (non-hydrogen) atoms. The second-order valence-corrected chi connectivity index (χ2v) is 8.34. The standard InChI is InChI=1S/C19H23N3O5S/c1-22-10-9-13-11-14(3-8-17(13)22)18(23)12-20-28(25,26)16-6-4-15(5-7-16)21-19(24)27-2/h3-8,11,18,20,23H,9-10,12H2,1-2H3,(H,21,24). The molecule has 0 aromatic heterocycles. The van der Waals surface area contributed by atoms with Crippen molar-refractivity contribution in [2.45, 2.75) is 17.4 Å². The number of nitrogens with zero attached hydrogens (tertiary/aromatic N) is 1. The van der Waals surface area contributed by atoms with Crippen molar-refractivity contribution in [2.24, 2.45) is 0 Å². The number of ether oxygens (including phenoxy) is 1. The van der Waals surface area contributed by atoms with E-state index in [2.05, 4.69) is 19.7 Å². The largest absolute Gasteiger partial charge is 0.453 e. The normalized spacial score (nSPS) is 14.5. The number of carbonyl (C=O) groups is 1. The lowest BCUT2D eigenvalue weighted by molar-refractivity contribution is 0.182. The second kappa shape index (κ2) is 8.17. The molecule has 150 valence electrons. The lowest BCUT2D eigenvalue weighted by Gasteiger charge is -2.16. The molecule has 3 N–H and O–H groups in total. The number of anilines is 2. The molecular formula is C19H23N3O5S. The molecule has 1 aliphatic heterocycles. The zero-order valence-corrected chi connectivity index (χ0v) is 16.5. The fourth-order valence-electron chi connectivity index (χ4n) is 3.07. The monoisotopic (exact) mass is 405 g/mol. The molecule has 1 unspecified atom stereocenters. The van der Waals surface area contributed by atoms with Crippen LogP contribution in [-0.2, 0) is 21.2 Å². The van der Waals surface area contributed by atoms with Crippen LogP contribution < -0.4 is 14.9 Å². The Hall–Kier alpha value is -2.62. The summed E-state index contributed by atoms with van der Waals surface area (Å²) in [5.74, 6) is 0. The van der Waals surface area contributed by atoms with Crippen LogP contribution >= 0.6 is 0 Å². The van der Waals surface area contributed by atoms with Gasteiger partial charge in [0.15, 0.2) is 0 Å². The van der Waals surface area contributed by atoms with Crippen LogP contribution in [0.15, 0.2) is 47.4 Å². The van der Waals surface area contributed by atoms with Gasteiger partial charge in [-0.25, -0.2) is 17.9 Å². The Balaban J connectivity index is 1.63. The van der Waals surface area contributed by atoms with Gasteiger partial charge in [-0.1, -0.05) is 12.1 Å². The van der Waals surface area contributed by atoms with Crippen molar-refractivity contribution in [1.29, 1.82) is 0 Å². The lowest BCUT2D eigenvalue weighted by Crippen LogP contribution is -2.28. The molecule has 8 nitrogen and oxygen atoms in total. The van der Waals surface area contributed by atoms with Crippen molar-refractivity contribution in [2.75, 3.05) is 37.5 Å². The summed E-state index contributed by atoms with van der Waals surface area (Å²) < 4.78 is 31.8. The summed E-state index contributed by atoms with van der Waals surface area (Å²) in [6, 6.07) is 11.3. The number of benzene rings is 2.